The Hall–Kier alpha value is -2.70. The summed E-state index contributed by atoms with van der Waals surface area (Å²) in [5.41, 5.74) is 5.30. The van der Waals surface area contributed by atoms with Crippen LogP contribution >= 0.6 is 0 Å². The first kappa shape index (κ1) is 64.4. The van der Waals surface area contributed by atoms with Crippen LogP contribution in [0.2, 0.25) is 0 Å². The minimum atomic E-state index is -0.452. The second kappa shape index (κ2) is 31.9. The monoisotopic (exact) mass is 987 g/mol. The minimum Gasteiger partial charge on any atom is -0.507 e. The molecule has 0 unspecified atom stereocenters. The van der Waals surface area contributed by atoms with Crippen molar-refractivity contribution in [3.63, 3.8) is 0 Å². The Morgan fingerprint density at radius 3 is 0.915 bits per heavy atom. The first-order valence-electron chi connectivity index (χ1n) is 30.1. The second-order valence-electron chi connectivity index (χ2n) is 24.9. The molecular formula is C65H118N4O2+2. The summed E-state index contributed by atoms with van der Waals surface area (Å²) in [4.78, 5) is 10.4. The Morgan fingerprint density at radius 1 is 0.394 bits per heavy atom. The molecule has 0 heterocycles. The molecule has 2 aromatic rings. The molecule has 0 radical (unpaired) electrons. The van der Waals surface area contributed by atoms with E-state index in [9.17, 15) is 10.2 Å². The van der Waals surface area contributed by atoms with Crippen molar-refractivity contribution in [2.75, 3.05) is 52.4 Å². The predicted octanol–water partition coefficient (Wildman–Crippen LogP) is 18.1. The number of phenols is 2. The largest absolute Gasteiger partial charge is 0.507 e. The maximum atomic E-state index is 11.8. The van der Waals surface area contributed by atoms with Crippen molar-refractivity contribution in [3.05, 3.63) is 57.6 Å². The number of nitrogens with zero attached hydrogens (tertiary/aromatic N) is 4. The molecule has 6 nitrogen and oxygen atoms in total. The van der Waals surface area contributed by atoms with Crippen molar-refractivity contribution in [3.8, 4) is 11.5 Å². The third-order valence-electron chi connectivity index (χ3n) is 16.8. The van der Waals surface area contributed by atoms with Gasteiger partial charge in [0.05, 0.1) is 63.4 Å². The number of quaternary nitrogens is 2. The van der Waals surface area contributed by atoms with E-state index < -0.39 is 11.1 Å². The number of hydrogen-bond acceptors (Lipinski definition) is 4. The number of aryl methyl sites for hydroxylation is 2. The van der Waals surface area contributed by atoms with Crippen molar-refractivity contribution in [1.82, 2.24) is 0 Å². The zero-order chi connectivity index (χ0) is 53.2. The van der Waals surface area contributed by atoms with Gasteiger partial charge in [-0.25, -0.2) is 0 Å². The van der Waals surface area contributed by atoms with Crippen molar-refractivity contribution in [1.29, 1.82) is 0 Å². The molecule has 0 saturated heterocycles. The maximum absolute atomic E-state index is 11.8. The third-order valence-corrected chi connectivity index (χ3v) is 16.8. The predicted molar refractivity (Wildman–Crippen MR) is 315 cm³/mol. The number of phenolic OH excluding ortho intramolecular Hbond substituents is 2. The number of hydrogen-bond donors (Lipinski definition) is 2. The summed E-state index contributed by atoms with van der Waals surface area (Å²) >= 11 is 0. The lowest BCUT2D eigenvalue weighted by atomic mass is 9.73. The maximum Gasteiger partial charge on any atom is 0.127 e. The fourth-order valence-electron chi connectivity index (χ4n) is 12.0. The van der Waals surface area contributed by atoms with Crippen LogP contribution in [0.4, 0.5) is 0 Å². The van der Waals surface area contributed by atoms with E-state index in [1.807, 2.05) is 19.4 Å². The van der Waals surface area contributed by atoms with Gasteiger partial charge in [0.2, 0.25) is 0 Å². The zero-order valence-corrected chi connectivity index (χ0v) is 50.1. The van der Waals surface area contributed by atoms with Crippen molar-refractivity contribution >= 4 is 12.4 Å². The summed E-state index contributed by atoms with van der Waals surface area (Å²) < 4.78 is 2.56. The van der Waals surface area contributed by atoms with E-state index in [0.29, 0.717) is 17.9 Å². The molecule has 0 saturated carbocycles. The molecule has 71 heavy (non-hydrogen) atoms. The number of benzene rings is 2. The van der Waals surface area contributed by atoms with Crippen molar-refractivity contribution in [2.24, 2.45) is 9.98 Å². The van der Waals surface area contributed by atoms with Gasteiger partial charge < -0.3 is 19.2 Å². The molecule has 0 fully saturated rings. The van der Waals surface area contributed by atoms with Crippen molar-refractivity contribution in [2.45, 2.75) is 280 Å². The van der Waals surface area contributed by atoms with E-state index in [0.717, 1.165) is 47.9 Å². The standard InChI is InChI=1S/C65H116N4O2/c1-17-25-35-64(15,36-26-18-2)58-47-54(9)60(70)56(49-58)51-66-62(11,12)53-63(13,14)67-52-57-50-59(48-55(10)61(57)71)65(16,37-33-45-68(39-27-19-3,40-28-20-4)41-29-21-5)38-34-46-69(42-30-22-6,43-31-23-7)44-32-24-8/h47-52H,17-46,53H2,1-16H3/p+2. The summed E-state index contributed by atoms with van der Waals surface area (Å²) in [7, 11) is 0. The summed E-state index contributed by atoms with van der Waals surface area (Å²) in [6.07, 6.45) is 31.8. The van der Waals surface area contributed by atoms with E-state index in [1.54, 1.807) is 0 Å². The van der Waals surface area contributed by atoms with E-state index in [1.165, 1.54) is 188 Å². The summed E-state index contributed by atoms with van der Waals surface area (Å²) in [6, 6.07) is 9.03. The molecule has 0 bridgehead atoms. The van der Waals surface area contributed by atoms with Crippen LogP contribution in [0.5, 0.6) is 11.5 Å². The van der Waals surface area contributed by atoms with Gasteiger partial charge in [-0.2, -0.15) is 0 Å². The molecule has 408 valence electrons. The zero-order valence-electron chi connectivity index (χ0n) is 50.1. The first-order valence-corrected chi connectivity index (χ1v) is 30.1. The van der Waals surface area contributed by atoms with E-state index in [4.69, 9.17) is 9.98 Å². The number of aromatic hydroxyl groups is 2. The molecule has 6 heteroatoms. The molecular weight excluding hydrogens is 869 g/mol. The smallest absolute Gasteiger partial charge is 0.127 e. The van der Waals surface area contributed by atoms with E-state index in [-0.39, 0.29) is 10.8 Å². The molecule has 0 aliphatic carbocycles. The highest BCUT2D eigenvalue weighted by Crippen LogP contribution is 2.40. The van der Waals surface area contributed by atoms with Crippen LogP contribution in [0, 0.1) is 13.8 Å². The Labute approximate surface area is 441 Å². The normalized spacial score (nSPS) is 13.4. The lowest BCUT2D eigenvalue weighted by Gasteiger charge is -2.42. The van der Waals surface area contributed by atoms with Gasteiger partial charge in [-0.15, -0.1) is 0 Å². The van der Waals surface area contributed by atoms with Crippen molar-refractivity contribution < 1.29 is 19.2 Å². The van der Waals surface area contributed by atoms with Crippen LogP contribution in [-0.2, 0) is 10.8 Å². The van der Waals surface area contributed by atoms with Gasteiger partial charge in [0, 0.05) is 23.6 Å². The molecule has 0 aliphatic rings. The highest BCUT2D eigenvalue weighted by Gasteiger charge is 2.34. The molecule has 0 amide bonds. The Bertz CT molecular complexity index is 1750. The quantitative estimate of drug-likeness (QED) is 0.0516. The second-order valence-corrected chi connectivity index (χ2v) is 24.9. The highest BCUT2D eigenvalue weighted by atomic mass is 16.3. The summed E-state index contributed by atoms with van der Waals surface area (Å²) in [6.45, 7) is 46.9. The Kier molecular flexibility index (Phi) is 28.9. The van der Waals surface area contributed by atoms with Gasteiger partial charge in [0.15, 0.2) is 0 Å². The number of rotatable bonds is 40. The van der Waals surface area contributed by atoms with Gasteiger partial charge >= 0.3 is 0 Å². The van der Waals surface area contributed by atoms with Crippen LogP contribution in [-0.4, -0.2) is 95.0 Å². The van der Waals surface area contributed by atoms with Crippen LogP contribution in [0.15, 0.2) is 34.3 Å². The average Bonchev–Trinajstić information content (AvgIpc) is 3.33. The fraction of sp³-hybridized carbons (Fsp3) is 0.785. The Morgan fingerprint density at radius 2 is 0.648 bits per heavy atom. The van der Waals surface area contributed by atoms with Gasteiger partial charge in [0.1, 0.15) is 11.5 Å². The van der Waals surface area contributed by atoms with Gasteiger partial charge in [-0.1, -0.05) is 146 Å². The van der Waals surface area contributed by atoms with E-state index >= 15 is 0 Å². The molecule has 0 aliphatic heterocycles. The number of aliphatic imine (C=N–C) groups is 2. The highest BCUT2D eigenvalue weighted by molar-refractivity contribution is 5.86. The SMILES string of the molecule is CCCCC(C)(CCCC)c1cc(C)c(O)c(C=NC(C)(C)CC(C)(C)N=Cc2cc(C(C)(CCC[N+](CCCC)(CCCC)CCCC)CCC[N+](CCCC)(CCCC)CCCC)cc(C)c2O)c1. The molecule has 0 atom stereocenters. The van der Waals surface area contributed by atoms with Crippen LogP contribution in [0.25, 0.3) is 0 Å². The Balaban J connectivity index is 2.61. The first-order chi connectivity index (χ1) is 33.6. The minimum absolute atomic E-state index is 0.0240. The van der Waals surface area contributed by atoms with Crippen LogP contribution in [0.1, 0.15) is 278 Å². The molecule has 2 rings (SSSR count). The van der Waals surface area contributed by atoms with Crippen LogP contribution < -0.4 is 0 Å². The summed E-state index contributed by atoms with van der Waals surface area (Å²) in [5, 5.41) is 23.1. The number of unbranched alkanes of at least 4 members (excludes halogenated alkanes) is 8. The lowest BCUT2D eigenvalue weighted by molar-refractivity contribution is -0.929. The van der Waals surface area contributed by atoms with E-state index in [2.05, 4.69) is 128 Å². The topological polar surface area (TPSA) is 65.2 Å². The lowest BCUT2D eigenvalue weighted by Crippen LogP contribution is -2.51. The van der Waals surface area contributed by atoms with Gasteiger partial charge in [-0.05, 0) is 170 Å². The van der Waals surface area contributed by atoms with Gasteiger partial charge in [0.25, 0.3) is 0 Å². The average molecular weight is 988 g/mol. The van der Waals surface area contributed by atoms with Crippen LogP contribution in [0.3, 0.4) is 0 Å². The molecule has 0 spiro atoms. The molecule has 0 aromatic heterocycles. The molecule has 2 N–H and O–H groups in total. The van der Waals surface area contributed by atoms with Gasteiger partial charge in [-0.3, -0.25) is 9.98 Å². The summed E-state index contributed by atoms with van der Waals surface area (Å²) in [5.74, 6) is 0.662. The molecule has 2 aromatic carbocycles. The third kappa shape index (κ3) is 21.6. The fourth-order valence-corrected chi connectivity index (χ4v) is 12.0.